The van der Waals surface area contributed by atoms with Crippen molar-refractivity contribution in [2.24, 2.45) is 5.92 Å². The molecule has 0 radical (unpaired) electrons. The summed E-state index contributed by atoms with van der Waals surface area (Å²) in [6, 6.07) is 10.4. The molecule has 0 aromatic heterocycles. The lowest BCUT2D eigenvalue weighted by molar-refractivity contribution is 0.113. The highest BCUT2D eigenvalue weighted by Crippen LogP contribution is 2.27. The van der Waals surface area contributed by atoms with Gasteiger partial charge >= 0.3 is 0 Å². The fraction of sp³-hybridized carbons (Fsp3) is 0.600. The van der Waals surface area contributed by atoms with Crippen LogP contribution in [0.1, 0.15) is 51.5 Å². The number of benzene rings is 1. The van der Waals surface area contributed by atoms with Crippen LogP contribution in [-0.4, -0.2) is 11.2 Å². The van der Waals surface area contributed by atoms with Crippen molar-refractivity contribution in [2.75, 3.05) is 0 Å². The van der Waals surface area contributed by atoms with Crippen LogP contribution in [-0.2, 0) is 0 Å². The van der Waals surface area contributed by atoms with Crippen molar-refractivity contribution in [3.05, 3.63) is 35.9 Å². The molecule has 0 aliphatic heterocycles. The first kappa shape index (κ1) is 13.2. The largest absolute Gasteiger partial charge is 0.392 e. The minimum absolute atomic E-state index is 0.206. The van der Waals surface area contributed by atoms with Crippen LogP contribution >= 0.6 is 0 Å². The molecule has 0 amide bonds. The molecule has 1 aromatic rings. The Kier molecular flexibility index (Phi) is 5.54. The standard InChI is InChI=1S/C15H24O/c1-4-12(3)11-15(16)14(5-2)13-9-7-6-8-10-13/h6-10,12,14-16H,4-5,11H2,1-3H3. The molecule has 0 aliphatic rings. The van der Waals surface area contributed by atoms with Gasteiger partial charge in [-0.1, -0.05) is 57.5 Å². The third kappa shape index (κ3) is 3.64. The quantitative estimate of drug-likeness (QED) is 0.769. The Labute approximate surface area is 99.5 Å². The average molecular weight is 220 g/mol. The number of hydrogen-bond acceptors (Lipinski definition) is 1. The van der Waals surface area contributed by atoms with Crippen LogP contribution in [0.2, 0.25) is 0 Å². The lowest BCUT2D eigenvalue weighted by Gasteiger charge is -2.24. The molecule has 16 heavy (non-hydrogen) atoms. The molecule has 0 bridgehead atoms. The molecular formula is C15H24O. The number of aliphatic hydroxyl groups excluding tert-OH is 1. The van der Waals surface area contributed by atoms with Crippen molar-refractivity contribution in [2.45, 2.75) is 52.1 Å². The Morgan fingerprint density at radius 2 is 1.69 bits per heavy atom. The van der Waals surface area contributed by atoms with Crippen molar-refractivity contribution in [1.82, 2.24) is 0 Å². The van der Waals surface area contributed by atoms with Crippen molar-refractivity contribution in [1.29, 1.82) is 0 Å². The first-order chi connectivity index (χ1) is 7.69. The molecular weight excluding hydrogens is 196 g/mol. The molecule has 0 spiro atoms. The molecule has 0 saturated carbocycles. The maximum absolute atomic E-state index is 10.3. The highest BCUT2D eigenvalue weighted by molar-refractivity contribution is 5.20. The van der Waals surface area contributed by atoms with Crippen LogP contribution in [0.25, 0.3) is 0 Å². The molecule has 1 heteroatoms. The zero-order valence-electron chi connectivity index (χ0n) is 10.7. The van der Waals surface area contributed by atoms with Gasteiger partial charge in [-0.15, -0.1) is 0 Å². The monoisotopic (exact) mass is 220 g/mol. The van der Waals surface area contributed by atoms with Gasteiger partial charge in [-0.2, -0.15) is 0 Å². The van der Waals surface area contributed by atoms with E-state index in [1.54, 1.807) is 0 Å². The predicted octanol–water partition coefficient (Wildman–Crippen LogP) is 3.98. The molecule has 3 atom stereocenters. The fourth-order valence-electron chi connectivity index (χ4n) is 2.17. The van der Waals surface area contributed by atoms with Gasteiger partial charge in [-0.3, -0.25) is 0 Å². The Hall–Kier alpha value is -0.820. The smallest absolute Gasteiger partial charge is 0.0611 e. The molecule has 1 nitrogen and oxygen atoms in total. The van der Waals surface area contributed by atoms with E-state index in [0.29, 0.717) is 5.92 Å². The number of aliphatic hydroxyl groups is 1. The topological polar surface area (TPSA) is 20.2 Å². The lowest BCUT2D eigenvalue weighted by Crippen LogP contribution is -2.20. The second-order valence-corrected chi connectivity index (χ2v) is 4.74. The van der Waals surface area contributed by atoms with E-state index in [-0.39, 0.29) is 12.0 Å². The lowest BCUT2D eigenvalue weighted by atomic mass is 9.86. The summed E-state index contributed by atoms with van der Waals surface area (Å²) in [4.78, 5) is 0. The van der Waals surface area contributed by atoms with E-state index < -0.39 is 0 Å². The first-order valence-electron chi connectivity index (χ1n) is 6.42. The molecule has 1 N–H and O–H groups in total. The van der Waals surface area contributed by atoms with Gasteiger partial charge in [0.2, 0.25) is 0 Å². The van der Waals surface area contributed by atoms with Crippen LogP contribution in [0, 0.1) is 5.92 Å². The van der Waals surface area contributed by atoms with E-state index in [4.69, 9.17) is 0 Å². The van der Waals surface area contributed by atoms with E-state index in [0.717, 1.165) is 19.3 Å². The molecule has 0 heterocycles. The minimum Gasteiger partial charge on any atom is -0.392 e. The van der Waals surface area contributed by atoms with Crippen molar-refractivity contribution in [3.8, 4) is 0 Å². The molecule has 0 aliphatic carbocycles. The third-order valence-corrected chi connectivity index (χ3v) is 3.47. The maximum atomic E-state index is 10.3. The molecule has 3 unspecified atom stereocenters. The minimum atomic E-state index is -0.206. The summed E-state index contributed by atoms with van der Waals surface area (Å²) in [6.07, 6.45) is 2.84. The number of rotatable bonds is 6. The molecule has 0 fully saturated rings. The van der Waals surface area contributed by atoms with Crippen LogP contribution in [0.3, 0.4) is 0 Å². The Morgan fingerprint density at radius 3 is 2.19 bits per heavy atom. The summed E-state index contributed by atoms with van der Waals surface area (Å²) in [5, 5.41) is 10.3. The molecule has 1 rings (SSSR count). The summed E-state index contributed by atoms with van der Waals surface area (Å²) in [5.74, 6) is 0.892. The summed E-state index contributed by atoms with van der Waals surface area (Å²) in [7, 11) is 0. The zero-order chi connectivity index (χ0) is 12.0. The van der Waals surface area contributed by atoms with Crippen LogP contribution in [0.4, 0.5) is 0 Å². The van der Waals surface area contributed by atoms with Gasteiger partial charge in [0, 0.05) is 5.92 Å². The Balaban J connectivity index is 2.67. The maximum Gasteiger partial charge on any atom is 0.0611 e. The Bertz CT molecular complexity index is 281. The van der Waals surface area contributed by atoms with Gasteiger partial charge in [0.25, 0.3) is 0 Å². The second-order valence-electron chi connectivity index (χ2n) is 4.74. The van der Waals surface area contributed by atoms with Gasteiger partial charge < -0.3 is 5.11 Å². The van der Waals surface area contributed by atoms with Crippen LogP contribution in [0.15, 0.2) is 30.3 Å². The second kappa shape index (κ2) is 6.70. The van der Waals surface area contributed by atoms with Gasteiger partial charge in [0.05, 0.1) is 6.10 Å². The van der Waals surface area contributed by atoms with Gasteiger partial charge in [0.1, 0.15) is 0 Å². The Morgan fingerprint density at radius 1 is 1.06 bits per heavy atom. The summed E-state index contributed by atoms with van der Waals surface area (Å²) >= 11 is 0. The van der Waals surface area contributed by atoms with Crippen LogP contribution < -0.4 is 0 Å². The summed E-state index contributed by atoms with van der Waals surface area (Å²) in [5.41, 5.74) is 1.26. The SMILES string of the molecule is CCC(C)CC(O)C(CC)c1ccccc1. The summed E-state index contributed by atoms with van der Waals surface area (Å²) < 4.78 is 0. The number of hydrogen-bond donors (Lipinski definition) is 1. The zero-order valence-corrected chi connectivity index (χ0v) is 10.7. The molecule has 0 saturated heterocycles. The molecule has 90 valence electrons. The van der Waals surface area contributed by atoms with Crippen LogP contribution in [0.5, 0.6) is 0 Å². The van der Waals surface area contributed by atoms with E-state index in [9.17, 15) is 5.11 Å². The van der Waals surface area contributed by atoms with Gasteiger partial charge in [-0.25, -0.2) is 0 Å². The average Bonchev–Trinajstić information content (AvgIpc) is 2.31. The third-order valence-electron chi connectivity index (χ3n) is 3.47. The van der Waals surface area contributed by atoms with Crippen molar-refractivity contribution in [3.63, 3.8) is 0 Å². The van der Waals surface area contributed by atoms with Crippen molar-refractivity contribution >= 4 is 0 Å². The summed E-state index contributed by atoms with van der Waals surface area (Å²) in [6.45, 7) is 6.54. The van der Waals surface area contributed by atoms with Gasteiger partial charge in [0.15, 0.2) is 0 Å². The van der Waals surface area contributed by atoms with E-state index >= 15 is 0 Å². The van der Waals surface area contributed by atoms with Gasteiger partial charge in [-0.05, 0) is 24.3 Å². The van der Waals surface area contributed by atoms with E-state index in [1.165, 1.54) is 5.56 Å². The molecule has 1 aromatic carbocycles. The van der Waals surface area contributed by atoms with E-state index in [1.807, 2.05) is 18.2 Å². The van der Waals surface area contributed by atoms with Crippen molar-refractivity contribution < 1.29 is 5.11 Å². The highest BCUT2D eigenvalue weighted by atomic mass is 16.3. The highest BCUT2D eigenvalue weighted by Gasteiger charge is 2.20. The first-order valence-corrected chi connectivity index (χ1v) is 6.42. The normalized spacial score (nSPS) is 16.8. The van der Waals surface area contributed by atoms with E-state index in [2.05, 4.69) is 32.9 Å². The predicted molar refractivity (Wildman–Crippen MR) is 69.6 cm³/mol. The fourth-order valence-corrected chi connectivity index (χ4v) is 2.17.